The van der Waals surface area contributed by atoms with Crippen molar-refractivity contribution >= 4 is 67.6 Å². The molecule has 0 aliphatic carbocycles. The van der Waals surface area contributed by atoms with E-state index in [9.17, 15) is 22.8 Å². The molecule has 0 saturated heterocycles. The van der Waals surface area contributed by atoms with E-state index in [1.54, 1.807) is 23.7 Å². The molecular weight excluding hydrogens is 617 g/mol. The van der Waals surface area contributed by atoms with Crippen molar-refractivity contribution < 1.29 is 22.8 Å². The first-order valence-electron chi connectivity index (χ1n) is 10.3. The van der Waals surface area contributed by atoms with Crippen LogP contribution < -0.4 is 10.6 Å². The third-order valence-corrected chi connectivity index (χ3v) is 7.16. The van der Waals surface area contributed by atoms with E-state index in [0.29, 0.717) is 9.60 Å². The molecule has 2 aromatic heterocycles. The number of aromatic nitrogens is 4. The Bertz CT molecular complexity index is 1430. The maximum Gasteiger partial charge on any atom is 0.416 e. The number of benzene rings is 2. The van der Waals surface area contributed by atoms with Crippen LogP contribution in [0.25, 0.3) is 5.69 Å². The van der Waals surface area contributed by atoms with Crippen molar-refractivity contribution in [1.29, 1.82) is 0 Å². The molecule has 0 unspecified atom stereocenters. The largest absolute Gasteiger partial charge is 0.416 e. The van der Waals surface area contributed by atoms with Gasteiger partial charge in [0.25, 0.3) is 5.91 Å². The number of halogens is 5. The van der Waals surface area contributed by atoms with Gasteiger partial charge in [0, 0.05) is 16.0 Å². The first-order valence-corrected chi connectivity index (χ1v) is 13.3. The molecule has 2 aromatic carbocycles. The van der Waals surface area contributed by atoms with Crippen LogP contribution >= 0.6 is 50.6 Å². The number of thioether (sulfide) groups is 1. The lowest BCUT2D eigenvalue weighted by Crippen LogP contribution is -2.25. The van der Waals surface area contributed by atoms with Crippen molar-refractivity contribution in [1.82, 2.24) is 25.1 Å². The standard InChI is InChI=1S/C22H15BrClF3N6O2S2/c23-13-4-5-16(24)15(9-13)19(35)29-10-17-31-32-21(37-11-18(34)30-20-28-6-7-36-20)33(17)14-3-1-2-12(8-14)22(25,26)27/h1-9H,10-11H2,(H,29,35)(H,28,30,34). The van der Waals surface area contributed by atoms with Crippen LogP contribution in [0.2, 0.25) is 5.02 Å². The number of hydrogen-bond donors (Lipinski definition) is 2. The highest BCUT2D eigenvalue weighted by molar-refractivity contribution is 9.10. The lowest BCUT2D eigenvalue weighted by Gasteiger charge is -2.13. The Morgan fingerprint density at radius 2 is 1.97 bits per heavy atom. The normalized spacial score (nSPS) is 11.4. The third kappa shape index (κ3) is 6.89. The molecule has 2 amide bonds. The highest BCUT2D eigenvalue weighted by Crippen LogP contribution is 2.32. The molecule has 0 aliphatic rings. The molecule has 0 spiro atoms. The summed E-state index contributed by atoms with van der Waals surface area (Å²) >= 11 is 11.6. The quantitative estimate of drug-likeness (QED) is 0.238. The van der Waals surface area contributed by atoms with E-state index in [2.05, 4.69) is 41.7 Å². The van der Waals surface area contributed by atoms with E-state index in [1.165, 1.54) is 34.1 Å². The molecule has 2 N–H and O–H groups in total. The lowest BCUT2D eigenvalue weighted by atomic mass is 10.2. The fourth-order valence-electron chi connectivity index (χ4n) is 3.09. The van der Waals surface area contributed by atoms with Gasteiger partial charge in [0.15, 0.2) is 16.1 Å². The maximum absolute atomic E-state index is 13.4. The van der Waals surface area contributed by atoms with Crippen LogP contribution in [-0.4, -0.2) is 37.3 Å². The zero-order valence-electron chi connectivity index (χ0n) is 18.4. The second-order valence-corrected chi connectivity index (χ2v) is 10.4. The van der Waals surface area contributed by atoms with Crippen LogP contribution in [0, 0.1) is 0 Å². The number of hydrogen-bond acceptors (Lipinski definition) is 7. The van der Waals surface area contributed by atoms with Gasteiger partial charge in [-0.15, -0.1) is 21.5 Å². The summed E-state index contributed by atoms with van der Waals surface area (Å²) in [5, 5.41) is 15.9. The van der Waals surface area contributed by atoms with E-state index < -0.39 is 17.6 Å². The predicted octanol–water partition coefficient (Wildman–Crippen LogP) is 5.82. The average Bonchev–Trinajstić information content (AvgIpc) is 3.52. The van der Waals surface area contributed by atoms with Crippen molar-refractivity contribution in [3.8, 4) is 5.69 Å². The molecule has 0 atom stereocenters. The number of anilines is 1. The van der Waals surface area contributed by atoms with Crippen LogP contribution in [-0.2, 0) is 17.5 Å². The monoisotopic (exact) mass is 630 g/mol. The van der Waals surface area contributed by atoms with Crippen LogP contribution in [0.5, 0.6) is 0 Å². The van der Waals surface area contributed by atoms with Gasteiger partial charge in [-0.2, -0.15) is 13.2 Å². The minimum atomic E-state index is -4.57. The molecule has 0 bridgehead atoms. The van der Waals surface area contributed by atoms with Crippen molar-refractivity contribution in [3.05, 3.63) is 80.5 Å². The zero-order chi connectivity index (χ0) is 26.6. The van der Waals surface area contributed by atoms with E-state index in [0.717, 1.165) is 23.9 Å². The summed E-state index contributed by atoms with van der Waals surface area (Å²) in [5.41, 5.74) is -0.547. The number of carbonyl (C=O) groups excluding carboxylic acids is 2. The molecular formula is C22H15BrClF3N6O2S2. The first kappa shape index (κ1) is 27.1. The molecule has 4 aromatic rings. The molecule has 4 rings (SSSR count). The minimum absolute atomic E-state index is 0.101. The maximum atomic E-state index is 13.4. The van der Waals surface area contributed by atoms with E-state index >= 15 is 0 Å². The van der Waals surface area contributed by atoms with Gasteiger partial charge in [-0.25, -0.2) is 4.98 Å². The van der Waals surface area contributed by atoms with Gasteiger partial charge in [0.05, 0.1) is 34.1 Å². The molecule has 0 fully saturated rings. The molecule has 15 heteroatoms. The molecule has 0 aliphatic heterocycles. The van der Waals surface area contributed by atoms with Crippen LogP contribution in [0.4, 0.5) is 18.3 Å². The summed E-state index contributed by atoms with van der Waals surface area (Å²) < 4.78 is 42.1. The van der Waals surface area contributed by atoms with Gasteiger partial charge >= 0.3 is 6.18 Å². The Labute approximate surface area is 229 Å². The summed E-state index contributed by atoms with van der Waals surface area (Å²) in [5.74, 6) is -0.835. The number of amides is 2. The Balaban J connectivity index is 1.59. The summed E-state index contributed by atoms with van der Waals surface area (Å²) in [6.07, 6.45) is -3.03. The smallest absolute Gasteiger partial charge is 0.345 e. The molecule has 0 saturated carbocycles. The van der Waals surface area contributed by atoms with Gasteiger partial charge in [-0.05, 0) is 36.4 Å². The Kier molecular flexibility index (Phi) is 8.52. The number of rotatable bonds is 8. The van der Waals surface area contributed by atoms with Gasteiger partial charge in [-0.1, -0.05) is 45.4 Å². The summed E-state index contributed by atoms with van der Waals surface area (Å²) in [6, 6.07) is 9.37. The summed E-state index contributed by atoms with van der Waals surface area (Å²) in [4.78, 5) is 29.0. The van der Waals surface area contributed by atoms with E-state index in [4.69, 9.17) is 11.6 Å². The fraction of sp³-hybridized carbons (Fsp3) is 0.136. The fourth-order valence-corrected chi connectivity index (χ4v) is 4.97. The Morgan fingerprint density at radius 3 is 2.70 bits per heavy atom. The van der Waals surface area contributed by atoms with Crippen molar-refractivity contribution in [3.63, 3.8) is 0 Å². The second-order valence-electron chi connectivity index (χ2n) is 7.26. The number of nitrogens with zero attached hydrogens (tertiary/aromatic N) is 4. The summed E-state index contributed by atoms with van der Waals surface area (Å²) in [7, 11) is 0. The topological polar surface area (TPSA) is 102 Å². The number of carbonyl (C=O) groups is 2. The number of nitrogens with one attached hydrogen (secondary N) is 2. The van der Waals surface area contributed by atoms with Crippen LogP contribution in [0.15, 0.2) is 63.7 Å². The molecule has 8 nitrogen and oxygen atoms in total. The van der Waals surface area contributed by atoms with Crippen molar-refractivity contribution in [2.45, 2.75) is 17.9 Å². The average molecular weight is 632 g/mol. The van der Waals surface area contributed by atoms with Gasteiger partial charge in [-0.3, -0.25) is 14.2 Å². The van der Waals surface area contributed by atoms with Gasteiger partial charge < -0.3 is 10.6 Å². The van der Waals surface area contributed by atoms with Crippen LogP contribution in [0.3, 0.4) is 0 Å². The van der Waals surface area contributed by atoms with E-state index in [-0.39, 0.29) is 45.5 Å². The third-order valence-electron chi connectivity index (χ3n) is 4.72. The molecule has 192 valence electrons. The minimum Gasteiger partial charge on any atom is -0.345 e. The molecule has 0 radical (unpaired) electrons. The van der Waals surface area contributed by atoms with Crippen molar-refractivity contribution in [2.75, 3.05) is 11.1 Å². The lowest BCUT2D eigenvalue weighted by molar-refractivity contribution is -0.137. The highest BCUT2D eigenvalue weighted by Gasteiger charge is 2.31. The summed E-state index contributed by atoms with van der Waals surface area (Å²) in [6.45, 7) is -0.170. The number of alkyl halides is 3. The van der Waals surface area contributed by atoms with Crippen LogP contribution in [0.1, 0.15) is 21.7 Å². The highest BCUT2D eigenvalue weighted by atomic mass is 79.9. The SMILES string of the molecule is O=C(CSc1nnc(CNC(=O)c2cc(Br)ccc2Cl)n1-c1cccc(C(F)(F)F)c1)Nc1nccs1. The van der Waals surface area contributed by atoms with E-state index in [1.807, 2.05) is 0 Å². The Hall–Kier alpha value is -2.94. The zero-order valence-corrected chi connectivity index (χ0v) is 22.4. The Morgan fingerprint density at radius 1 is 1.16 bits per heavy atom. The number of thiazole rings is 1. The molecule has 37 heavy (non-hydrogen) atoms. The predicted molar refractivity (Wildman–Crippen MR) is 138 cm³/mol. The first-order chi connectivity index (χ1) is 17.6. The second kappa shape index (κ2) is 11.6. The van der Waals surface area contributed by atoms with Gasteiger partial charge in [0.1, 0.15) is 0 Å². The van der Waals surface area contributed by atoms with Crippen molar-refractivity contribution in [2.24, 2.45) is 0 Å². The molecule has 2 heterocycles. The van der Waals surface area contributed by atoms with Gasteiger partial charge in [0.2, 0.25) is 5.91 Å².